The van der Waals surface area contributed by atoms with Gasteiger partial charge in [-0.3, -0.25) is 5.10 Å². The molecule has 6 heteroatoms. The lowest BCUT2D eigenvalue weighted by Gasteiger charge is -2.33. The summed E-state index contributed by atoms with van der Waals surface area (Å²) in [5, 5.41) is 7.69. The molecule has 112 valence electrons. The molecular formula is C15H19N3O3. The van der Waals surface area contributed by atoms with E-state index in [1.54, 1.807) is 0 Å². The number of esters is 1. The second-order valence-corrected chi connectivity index (χ2v) is 5.25. The fourth-order valence-electron chi connectivity index (χ4n) is 2.76. The van der Waals surface area contributed by atoms with Crippen LogP contribution >= 0.6 is 0 Å². The van der Waals surface area contributed by atoms with Gasteiger partial charge in [0, 0.05) is 37.4 Å². The molecule has 2 heterocycles. The van der Waals surface area contributed by atoms with E-state index in [1.165, 1.54) is 7.11 Å². The van der Waals surface area contributed by atoms with E-state index in [1.807, 2.05) is 18.2 Å². The number of benzene rings is 1. The zero-order chi connectivity index (χ0) is 14.8. The zero-order valence-electron chi connectivity index (χ0n) is 12.3. The lowest BCUT2D eigenvalue weighted by molar-refractivity contribution is 0.0596. The van der Waals surface area contributed by atoms with Crippen molar-refractivity contribution in [3.8, 4) is 0 Å². The van der Waals surface area contributed by atoms with Crippen LogP contribution in [0.25, 0.3) is 10.9 Å². The van der Waals surface area contributed by atoms with Crippen molar-refractivity contribution in [2.45, 2.75) is 18.9 Å². The average Bonchev–Trinajstić information content (AvgIpc) is 2.97. The second kappa shape index (κ2) is 5.73. The number of H-pyrrole nitrogens is 1. The number of anilines is 1. The highest BCUT2D eigenvalue weighted by Gasteiger charge is 2.20. The Hall–Kier alpha value is -2.08. The van der Waals surface area contributed by atoms with E-state index in [4.69, 9.17) is 9.47 Å². The summed E-state index contributed by atoms with van der Waals surface area (Å²) in [4.78, 5) is 14.0. The van der Waals surface area contributed by atoms with E-state index < -0.39 is 5.97 Å². The number of nitrogens with zero attached hydrogens (tertiary/aromatic N) is 2. The van der Waals surface area contributed by atoms with Crippen molar-refractivity contribution in [1.29, 1.82) is 0 Å². The van der Waals surface area contributed by atoms with Gasteiger partial charge in [-0.05, 0) is 31.0 Å². The Labute approximate surface area is 123 Å². The number of rotatable bonds is 3. The molecule has 1 N–H and O–H groups in total. The number of aromatic amines is 1. The maximum atomic E-state index is 11.7. The van der Waals surface area contributed by atoms with E-state index in [0.29, 0.717) is 11.7 Å². The third-order valence-corrected chi connectivity index (χ3v) is 4.07. The zero-order valence-corrected chi connectivity index (χ0v) is 12.3. The predicted octanol–water partition coefficient (Wildman–Crippen LogP) is 1.96. The first-order valence-electron chi connectivity index (χ1n) is 7.07. The van der Waals surface area contributed by atoms with Crippen molar-refractivity contribution in [2.75, 3.05) is 32.3 Å². The molecule has 1 aromatic carbocycles. The number of aromatic nitrogens is 2. The van der Waals surface area contributed by atoms with Gasteiger partial charge in [-0.15, -0.1) is 0 Å². The Morgan fingerprint density at radius 1 is 1.43 bits per heavy atom. The fraction of sp³-hybridized carbons (Fsp3) is 0.467. The minimum atomic E-state index is -0.424. The first-order chi connectivity index (χ1) is 10.2. The number of ether oxygens (including phenoxy) is 2. The van der Waals surface area contributed by atoms with Crippen LogP contribution in [0.15, 0.2) is 18.2 Å². The second-order valence-electron chi connectivity index (χ2n) is 5.25. The first kappa shape index (κ1) is 13.9. The van der Waals surface area contributed by atoms with Crippen LogP contribution in [0.5, 0.6) is 0 Å². The fourth-order valence-corrected chi connectivity index (χ4v) is 2.76. The van der Waals surface area contributed by atoms with Crippen molar-refractivity contribution in [1.82, 2.24) is 10.2 Å². The summed E-state index contributed by atoms with van der Waals surface area (Å²) in [6.07, 6.45) is 2.04. The highest BCUT2D eigenvalue weighted by atomic mass is 16.5. The van der Waals surface area contributed by atoms with Gasteiger partial charge >= 0.3 is 5.97 Å². The monoisotopic (exact) mass is 289 g/mol. The first-order valence-corrected chi connectivity index (χ1v) is 7.07. The number of carbonyl (C=O) groups is 1. The summed E-state index contributed by atoms with van der Waals surface area (Å²) in [6, 6.07) is 6.43. The molecule has 1 aromatic heterocycles. The SMILES string of the molecule is COC(=O)c1n[nH]c2ccc(N(C)C3CCOCC3)cc12. The van der Waals surface area contributed by atoms with E-state index in [0.717, 1.165) is 42.6 Å². The minimum absolute atomic E-state index is 0.328. The number of methoxy groups -OCH3 is 1. The normalized spacial score (nSPS) is 16.1. The van der Waals surface area contributed by atoms with E-state index in [9.17, 15) is 4.79 Å². The third kappa shape index (κ3) is 2.58. The van der Waals surface area contributed by atoms with Crippen LogP contribution in [0.3, 0.4) is 0 Å². The molecule has 0 radical (unpaired) electrons. The maximum absolute atomic E-state index is 11.7. The summed E-state index contributed by atoms with van der Waals surface area (Å²) in [6.45, 7) is 1.60. The number of hydrogen-bond donors (Lipinski definition) is 1. The lowest BCUT2D eigenvalue weighted by Crippen LogP contribution is -2.36. The molecule has 0 spiro atoms. The molecule has 3 rings (SSSR count). The van der Waals surface area contributed by atoms with Crippen LogP contribution in [-0.4, -0.2) is 49.6 Å². The molecule has 1 aliphatic rings. The van der Waals surface area contributed by atoms with Crippen molar-refractivity contribution in [2.24, 2.45) is 0 Å². The largest absolute Gasteiger partial charge is 0.464 e. The van der Waals surface area contributed by atoms with Crippen LogP contribution in [0.4, 0.5) is 5.69 Å². The van der Waals surface area contributed by atoms with Crippen LogP contribution in [0.1, 0.15) is 23.3 Å². The van der Waals surface area contributed by atoms with Gasteiger partial charge in [0.25, 0.3) is 0 Å². The molecule has 2 aromatic rings. The van der Waals surface area contributed by atoms with Crippen LogP contribution in [0.2, 0.25) is 0 Å². The smallest absolute Gasteiger partial charge is 0.359 e. The average molecular weight is 289 g/mol. The Kier molecular flexibility index (Phi) is 3.79. The lowest BCUT2D eigenvalue weighted by atomic mass is 10.1. The van der Waals surface area contributed by atoms with Crippen LogP contribution < -0.4 is 4.90 Å². The highest BCUT2D eigenvalue weighted by molar-refractivity contribution is 6.02. The van der Waals surface area contributed by atoms with Gasteiger partial charge in [-0.25, -0.2) is 4.79 Å². The van der Waals surface area contributed by atoms with Gasteiger partial charge in [0.2, 0.25) is 0 Å². The van der Waals surface area contributed by atoms with Crippen molar-refractivity contribution in [3.05, 3.63) is 23.9 Å². The molecule has 0 unspecified atom stereocenters. The quantitative estimate of drug-likeness (QED) is 0.875. The van der Waals surface area contributed by atoms with E-state index in [2.05, 4.69) is 22.1 Å². The Morgan fingerprint density at radius 3 is 2.90 bits per heavy atom. The highest BCUT2D eigenvalue weighted by Crippen LogP contribution is 2.26. The molecule has 0 saturated carbocycles. The number of nitrogens with one attached hydrogen (secondary N) is 1. The Balaban J connectivity index is 1.93. The Morgan fingerprint density at radius 2 is 2.19 bits per heavy atom. The Bertz CT molecular complexity index is 647. The van der Waals surface area contributed by atoms with Crippen molar-refractivity contribution in [3.63, 3.8) is 0 Å². The molecule has 1 aliphatic heterocycles. The maximum Gasteiger partial charge on any atom is 0.359 e. The molecule has 0 aliphatic carbocycles. The topological polar surface area (TPSA) is 67.5 Å². The van der Waals surface area contributed by atoms with Crippen LogP contribution in [-0.2, 0) is 9.47 Å². The van der Waals surface area contributed by atoms with Crippen LogP contribution in [0, 0.1) is 0 Å². The predicted molar refractivity (Wildman–Crippen MR) is 79.7 cm³/mol. The summed E-state index contributed by atoms with van der Waals surface area (Å²) in [7, 11) is 3.44. The number of carbonyl (C=O) groups excluding carboxylic acids is 1. The standard InChI is InChI=1S/C15H19N3O3/c1-18(10-5-7-21-8-6-10)11-3-4-13-12(9-11)14(17-16-13)15(19)20-2/h3-4,9-10H,5-8H2,1-2H3,(H,16,17). The molecule has 1 fully saturated rings. The summed E-state index contributed by atoms with van der Waals surface area (Å²) in [5.74, 6) is -0.424. The molecule has 0 amide bonds. The van der Waals surface area contributed by atoms with Crippen molar-refractivity contribution < 1.29 is 14.3 Å². The summed E-state index contributed by atoms with van der Waals surface area (Å²) >= 11 is 0. The molecule has 0 atom stereocenters. The van der Waals surface area contributed by atoms with E-state index >= 15 is 0 Å². The molecule has 21 heavy (non-hydrogen) atoms. The van der Waals surface area contributed by atoms with Gasteiger partial charge in [-0.1, -0.05) is 0 Å². The van der Waals surface area contributed by atoms with Crippen molar-refractivity contribution >= 4 is 22.6 Å². The molecule has 6 nitrogen and oxygen atoms in total. The summed E-state index contributed by atoms with van der Waals surface area (Å²) < 4.78 is 10.2. The van der Waals surface area contributed by atoms with Gasteiger partial charge in [0.15, 0.2) is 5.69 Å². The van der Waals surface area contributed by atoms with E-state index in [-0.39, 0.29) is 0 Å². The van der Waals surface area contributed by atoms with Gasteiger partial charge < -0.3 is 14.4 Å². The molecule has 0 bridgehead atoms. The third-order valence-electron chi connectivity index (χ3n) is 4.07. The van der Waals surface area contributed by atoms with Gasteiger partial charge in [-0.2, -0.15) is 5.10 Å². The molecular weight excluding hydrogens is 270 g/mol. The number of fused-ring (bicyclic) bond motifs is 1. The summed E-state index contributed by atoms with van der Waals surface area (Å²) in [5.41, 5.74) is 2.23. The van der Waals surface area contributed by atoms with Gasteiger partial charge in [0.1, 0.15) is 0 Å². The van der Waals surface area contributed by atoms with Gasteiger partial charge in [0.05, 0.1) is 12.6 Å². The number of hydrogen-bond acceptors (Lipinski definition) is 5. The minimum Gasteiger partial charge on any atom is -0.464 e. The molecule has 1 saturated heterocycles.